The van der Waals surface area contributed by atoms with Crippen LogP contribution in [0.3, 0.4) is 0 Å². The summed E-state index contributed by atoms with van der Waals surface area (Å²) in [5, 5.41) is 8.50. The Kier molecular flexibility index (Phi) is 4.43. The lowest BCUT2D eigenvalue weighted by molar-refractivity contribution is -0.136. The Morgan fingerprint density at radius 2 is 2.33 bits per heavy atom. The topological polar surface area (TPSA) is 37.3 Å². The summed E-state index contributed by atoms with van der Waals surface area (Å²) in [5.41, 5.74) is 2.29. The molecule has 15 heavy (non-hydrogen) atoms. The number of carboxylic acids is 1. The third kappa shape index (κ3) is 3.80. The molecule has 1 N–H and O–H groups in total. The van der Waals surface area contributed by atoms with Gasteiger partial charge in [-0.2, -0.15) is 0 Å². The number of thioether (sulfide) groups is 1. The van der Waals surface area contributed by atoms with E-state index in [0.29, 0.717) is 5.75 Å². The van der Waals surface area contributed by atoms with Gasteiger partial charge in [-0.3, -0.25) is 4.79 Å². The SMILES string of the molecule is C=Cc1ccc(SCCC(=O)O)cc1C. The van der Waals surface area contributed by atoms with Gasteiger partial charge in [-0.15, -0.1) is 11.8 Å². The molecule has 0 bridgehead atoms. The average Bonchev–Trinajstić information content (AvgIpc) is 2.17. The van der Waals surface area contributed by atoms with E-state index in [4.69, 9.17) is 5.11 Å². The second-order valence-corrected chi connectivity index (χ2v) is 4.38. The Morgan fingerprint density at radius 1 is 1.60 bits per heavy atom. The van der Waals surface area contributed by atoms with Crippen molar-refractivity contribution in [1.29, 1.82) is 0 Å². The number of hydrogen-bond donors (Lipinski definition) is 1. The lowest BCUT2D eigenvalue weighted by atomic mass is 10.1. The summed E-state index contributed by atoms with van der Waals surface area (Å²) < 4.78 is 0. The van der Waals surface area contributed by atoms with Crippen LogP contribution in [0.15, 0.2) is 29.7 Å². The van der Waals surface area contributed by atoms with E-state index in [2.05, 4.69) is 12.6 Å². The molecule has 2 nitrogen and oxygen atoms in total. The van der Waals surface area contributed by atoms with Crippen LogP contribution in [0.2, 0.25) is 0 Å². The average molecular weight is 222 g/mol. The molecule has 0 unspecified atom stereocenters. The molecule has 0 spiro atoms. The summed E-state index contributed by atoms with van der Waals surface area (Å²) in [6.45, 7) is 5.75. The van der Waals surface area contributed by atoms with Crippen LogP contribution in [0, 0.1) is 6.92 Å². The number of hydrogen-bond acceptors (Lipinski definition) is 2. The zero-order chi connectivity index (χ0) is 11.3. The third-order valence-electron chi connectivity index (χ3n) is 2.05. The quantitative estimate of drug-likeness (QED) is 0.777. The molecule has 0 atom stereocenters. The molecule has 0 saturated heterocycles. The zero-order valence-corrected chi connectivity index (χ0v) is 9.51. The summed E-state index contributed by atoms with van der Waals surface area (Å²) in [6.07, 6.45) is 2.02. The monoisotopic (exact) mass is 222 g/mol. The van der Waals surface area contributed by atoms with Gasteiger partial charge in [0.2, 0.25) is 0 Å². The van der Waals surface area contributed by atoms with Crippen molar-refractivity contribution >= 4 is 23.8 Å². The van der Waals surface area contributed by atoms with Crippen molar-refractivity contribution in [2.24, 2.45) is 0 Å². The molecule has 0 aliphatic carbocycles. The second kappa shape index (κ2) is 5.61. The fourth-order valence-corrected chi connectivity index (χ4v) is 2.16. The molecule has 0 heterocycles. The molecule has 0 saturated carbocycles. The Labute approximate surface area is 94.0 Å². The molecule has 1 rings (SSSR count). The summed E-state index contributed by atoms with van der Waals surface area (Å²) in [5.74, 6) is -0.135. The molecule has 0 amide bonds. The van der Waals surface area contributed by atoms with Crippen molar-refractivity contribution in [2.75, 3.05) is 5.75 Å². The van der Waals surface area contributed by atoms with E-state index in [0.717, 1.165) is 10.5 Å². The fourth-order valence-electron chi connectivity index (χ4n) is 1.22. The number of carboxylic acid groups (broad SMARTS) is 1. The van der Waals surface area contributed by atoms with E-state index >= 15 is 0 Å². The van der Waals surface area contributed by atoms with Crippen LogP contribution in [-0.4, -0.2) is 16.8 Å². The Bertz CT molecular complexity index is 372. The first-order valence-corrected chi connectivity index (χ1v) is 5.69. The van der Waals surface area contributed by atoms with Gasteiger partial charge >= 0.3 is 5.97 Å². The number of benzene rings is 1. The first kappa shape index (κ1) is 11.9. The first-order chi connectivity index (χ1) is 7.13. The Balaban J connectivity index is 2.59. The first-order valence-electron chi connectivity index (χ1n) is 4.71. The number of aliphatic carboxylic acids is 1. The summed E-state index contributed by atoms with van der Waals surface area (Å²) >= 11 is 1.57. The molecule has 0 aliphatic rings. The summed E-state index contributed by atoms with van der Waals surface area (Å²) in [4.78, 5) is 11.4. The lowest BCUT2D eigenvalue weighted by Crippen LogP contribution is -1.95. The second-order valence-electron chi connectivity index (χ2n) is 3.21. The Morgan fingerprint density at radius 3 is 2.87 bits per heavy atom. The van der Waals surface area contributed by atoms with Crippen molar-refractivity contribution in [3.8, 4) is 0 Å². The van der Waals surface area contributed by atoms with Crippen LogP contribution in [0.25, 0.3) is 6.08 Å². The van der Waals surface area contributed by atoms with E-state index in [1.807, 2.05) is 25.1 Å². The normalized spacial score (nSPS) is 9.93. The van der Waals surface area contributed by atoms with Crippen LogP contribution in [-0.2, 0) is 4.79 Å². The van der Waals surface area contributed by atoms with Crippen LogP contribution < -0.4 is 0 Å². The molecule has 0 aromatic heterocycles. The predicted molar refractivity (Wildman–Crippen MR) is 64.2 cm³/mol. The molecule has 1 aromatic carbocycles. The van der Waals surface area contributed by atoms with Gasteiger partial charge in [0.15, 0.2) is 0 Å². The maximum absolute atomic E-state index is 10.3. The van der Waals surface area contributed by atoms with Crippen LogP contribution >= 0.6 is 11.8 Å². The number of aryl methyl sites for hydroxylation is 1. The van der Waals surface area contributed by atoms with Crippen LogP contribution in [0.5, 0.6) is 0 Å². The van der Waals surface area contributed by atoms with Gasteiger partial charge in [-0.1, -0.05) is 18.7 Å². The van der Waals surface area contributed by atoms with Crippen molar-refractivity contribution < 1.29 is 9.90 Å². The highest BCUT2D eigenvalue weighted by Gasteiger charge is 2.00. The zero-order valence-electron chi connectivity index (χ0n) is 8.69. The van der Waals surface area contributed by atoms with Gasteiger partial charge in [0.25, 0.3) is 0 Å². The van der Waals surface area contributed by atoms with Gasteiger partial charge in [-0.05, 0) is 30.2 Å². The van der Waals surface area contributed by atoms with Crippen molar-refractivity contribution in [1.82, 2.24) is 0 Å². The molecule has 0 fully saturated rings. The fraction of sp³-hybridized carbons (Fsp3) is 0.250. The molecule has 1 aromatic rings. The van der Waals surface area contributed by atoms with Crippen LogP contribution in [0.1, 0.15) is 17.5 Å². The highest BCUT2D eigenvalue weighted by Crippen LogP contribution is 2.22. The minimum absolute atomic E-state index is 0.201. The van der Waals surface area contributed by atoms with Gasteiger partial charge in [0.1, 0.15) is 0 Å². The van der Waals surface area contributed by atoms with E-state index in [-0.39, 0.29) is 6.42 Å². The van der Waals surface area contributed by atoms with Gasteiger partial charge in [0.05, 0.1) is 6.42 Å². The highest BCUT2D eigenvalue weighted by atomic mass is 32.2. The molecule has 0 aliphatic heterocycles. The standard InChI is InChI=1S/C12H14O2S/c1-3-10-4-5-11(8-9(10)2)15-7-6-12(13)14/h3-5,8H,1,6-7H2,2H3,(H,13,14). The molecule has 0 radical (unpaired) electrons. The minimum atomic E-state index is -0.748. The molecule has 80 valence electrons. The van der Waals surface area contributed by atoms with E-state index < -0.39 is 5.97 Å². The summed E-state index contributed by atoms with van der Waals surface area (Å²) in [6, 6.07) is 6.06. The van der Waals surface area contributed by atoms with E-state index in [9.17, 15) is 4.79 Å². The maximum atomic E-state index is 10.3. The Hall–Kier alpha value is -1.22. The van der Waals surface area contributed by atoms with Crippen LogP contribution in [0.4, 0.5) is 0 Å². The minimum Gasteiger partial charge on any atom is -0.481 e. The number of rotatable bonds is 5. The maximum Gasteiger partial charge on any atom is 0.304 e. The smallest absolute Gasteiger partial charge is 0.304 e. The van der Waals surface area contributed by atoms with Gasteiger partial charge in [-0.25, -0.2) is 0 Å². The summed E-state index contributed by atoms with van der Waals surface area (Å²) in [7, 11) is 0. The number of carbonyl (C=O) groups is 1. The van der Waals surface area contributed by atoms with E-state index in [1.54, 1.807) is 11.8 Å². The van der Waals surface area contributed by atoms with Crippen molar-refractivity contribution in [3.63, 3.8) is 0 Å². The largest absolute Gasteiger partial charge is 0.481 e. The van der Waals surface area contributed by atoms with E-state index in [1.165, 1.54) is 5.56 Å². The van der Waals surface area contributed by atoms with Gasteiger partial charge < -0.3 is 5.11 Å². The molecule has 3 heteroatoms. The van der Waals surface area contributed by atoms with Gasteiger partial charge in [0, 0.05) is 10.6 Å². The van der Waals surface area contributed by atoms with Crippen molar-refractivity contribution in [2.45, 2.75) is 18.2 Å². The predicted octanol–water partition coefficient (Wildman–Crippen LogP) is 3.20. The van der Waals surface area contributed by atoms with Crippen molar-refractivity contribution in [3.05, 3.63) is 35.9 Å². The highest BCUT2D eigenvalue weighted by molar-refractivity contribution is 7.99. The third-order valence-corrected chi connectivity index (χ3v) is 3.04. The molecular formula is C12H14O2S. The lowest BCUT2D eigenvalue weighted by Gasteiger charge is -2.04. The molecular weight excluding hydrogens is 208 g/mol.